The van der Waals surface area contributed by atoms with Gasteiger partial charge in [-0.2, -0.15) is 0 Å². The van der Waals surface area contributed by atoms with Gasteiger partial charge in [-0.15, -0.1) is 0 Å². The smallest absolute Gasteiger partial charge is 0.188 e. The second-order valence-corrected chi connectivity index (χ2v) is 12.4. The Morgan fingerprint density at radius 2 is 1.57 bits per heavy atom. The van der Waals surface area contributed by atoms with E-state index in [1.165, 1.54) is 27.6 Å². The molecule has 3 nitrogen and oxygen atoms in total. The van der Waals surface area contributed by atoms with Crippen LogP contribution in [0.15, 0.2) is 72.8 Å². The van der Waals surface area contributed by atoms with Gasteiger partial charge in [0.25, 0.3) is 0 Å². The van der Waals surface area contributed by atoms with Gasteiger partial charge in [-0.05, 0) is 61.7 Å². The summed E-state index contributed by atoms with van der Waals surface area (Å²) in [5.74, 6) is 0.928. The molecule has 3 aromatic carbocycles. The highest BCUT2D eigenvalue weighted by Crippen LogP contribution is 2.49. The lowest BCUT2D eigenvalue weighted by molar-refractivity contribution is 0.0500. The topological polar surface area (TPSA) is 30.5 Å². The molecule has 0 amide bonds. The Balaban J connectivity index is 1.99. The zero-order valence-corrected chi connectivity index (χ0v) is 23.3. The summed E-state index contributed by atoms with van der Waals surface area (Å²) in [5, 5.41) is 5.06. The molecule has 188 valence electrons. The second kappa shape index (κ2) is 12.7. The minimum absolute atomic E-state index is 0.0393. The molecule has 0 spiro atoms. The summed E-state index contributed by atoms with van der Waals surface area (Å²) in [5.41, 5.74) is 5.37. The van der Waals surface area contributed by atoms with Gasteiger partial charge in [-0.3, -0.25) is 0 Å². The zero-order chi connectivity index (χ0) is 25.3. The van der Waals surface area contributed by atoms with E-state index in [-0.39, 0.29) is 17.5 Å². The summed E-state index contributed by atoms with van der Waals surface area (Å²) in [6.07, 6.45) is 3.11. The highest BCUT2D eigenvalue weighted by atomic mass is 31.1. The van der Waals surface area contributed by atoms with E-state index in [2.05, 4.69) is 113 Å². The van der Waals surface area contributed by atoms with Crippen molar-refractivity contribution in [1.82, 2.24) is 5.32 Å². The molecule has 1 N–H and O–H groups in total. The van der Waals surface area contributed by atoms with Gasteiger partial charge in [0.2, 0.25) is 0 Å². The molecule has 3 aromatic rings. The SMILES string of the molecule is CCCC(C)(Pc1ccccc1CNC(C)(C)C)c1cc(Cc2ccccc2)ccc1OCOC. The van der Waals surface area contributed by atoms with Crippen molar-refractivity contribution in [3.63, 3.8) is 0 Å². The molecule has 0 aliphatic heterocycles. The van der Waals surface area contributed by atoms with Gasteiger partial charge >= 0.3 is 0 Å². The van der Waals surface area contributed by atoms with Crippen molar-refractivity contribution in [2.45, 2.75) is 71.1 Å². The van der Waals surface area contributed by atoms with Crippen LogP contribution in [0.4, 0.5) is 0 Å². The van der Waals surface area contributed by atoms with Crippen LogP contribution < -0.4 is 15.4 Å². The van der Waals surface area contributed by atoms with Crippen LogP contribution in [0, 0.1) is 0 Å². The van der Waals surface area contributed by atoms with Crippen LogP contribution in [-0.4, -0.2) is 19.4 Å². The van der Waals surface area contributed by atoms with Crippen molar-refractivity contribution in [1.29, 1.82) is 0 Å². The molecule has 0 bridgehead atoms. The molecular formula is C31H42NO2P. The van der Waals surface area contributed by atoms with Crippen molar-refractivity contribution in [3.8, 4) is 5.75 Å². The van der Waals surface area contributed by atoms with Gasteiger partial charge in [-0.1, -0.05) is 95.6 Å². The molecular weight excluding hydrogens is 449 g/mol. The van der Waals surface area contributed by atoms with Gasteiger partial charge in [0.05, 0.1) is 0 Å². The summed E-state index contributed by atoms with van der Waals surface area (Å²) in [6, 6.07) is 26.3. The fraction of sp³-hybridized carbons (Fsp3) is 0.419. The molecule has 0 aliphatic carbocycles. The largest absolute Gasteiger partial charge is 0.467 e. The molecule has 4 heteroatoms. The van der Waals surface area contributed by atoms with Crippen LogP contribution in [0.5, 0.6) is 5.75 Å². The molecule has 2 unspecified atom stereocenters. The van der Waals surface area contributed by atoms with Crippen LogP contribution in [0.25, 0.3) is 0 Å². The van der Waals surface area contributed by atoms with Crippen molar-refractivity contribution in [2.75, 3.05) is 13.9 Å². The Bertz CT molecular complexity index is 1060. The van der Waals surface area contributed by atoms with E-state index in [1.807, 2.05) is 0 Å². The number of rotatable bonds is 12. The summed E-state index contributed by atoms with van der Waals surface area (Å²) in [6.45, 7) is 12.5. The van der Waals surface area contributed by atoms with Crippen LogP contribution >= 0.6 is 8.58 Å². The lowest BCUT2D eigenvalue weighted by Crippen LogP contribution is -2.36. The van der Waals surface area contributed by atoms with E-state index in [0.29, 0.717) is 8.58 Å². The lowest BCUT2D eigenvalue weighted by atomic mass is 9.91. The average Bonchev–Trinajstić information content (AvgIpc) is 2.83. The maximum atomic E-state index is 6.11. The predicted octanol–water partition coefficient (Wildman–Crippen LogP) is 7.17. The molecule has 0 radical (unpaired) electrons. The molecule has 0 saturated heterocycles. The average molecular weight is 492 g/mol. The van der Waals surface area contributed by atoms with E-state index in [1.54, 1.807) is 7.11 Å². The molecule has 0 aliphatic rings. The van der Waals surface area contributed by atoms with Gasteiger partial charge in [0, 0.05) is 29.9 Å². The second-order valence-electron chi connectivity index (χ2n) is 10.5. The van der Waals surface area contributed by atoms with Crippen LogP contribution in [-0.2, 0) is 22.9 Å². The summed E-state index contributed by atoms with van der Waals surface area (Å²) in [7, 11) is 2.31. The predicted molar refractivity (Wildman–Crippen MR) is 151 cm³/mol. The zero-order valence-electron chi connectivity index (χ0n) is 22.3. The Labute approximate surface area is 214 Å². The Hall–Kier alpha value is -2.19. The number of benzene rings is 3. The van der Waals surface area contributed by atoms with E-state index < -0.39 is 0 Å². The van der Waals surface area contributed by atoms with Crippen molar-refractivity contribution < 1.29 is 9.47 Å². The molecule has 3 rings (SSSR count). The Morgan fingerprint density at radius 3 is 2.26 bits per heavy atom. The maximum Gasteiger partial charge on any atom is 0.188 e. The van der Waals surface area contributed by atoms with Crippen LogP contribution in [0.1, 0.15) is 69.7 Å². The highest BCUT2D eigenvalue weighted by molar-refractivity contribution is 7.48. The van der Waals surface area contributed by atoms with Crippen molar-refractivity contribution in [2.24, 2.45) is 0 Å². The molecule has 0 aromatic heterocycles. The van der Waals surface area contributed by atoms with E-state index in [0.717, 1.165) is 31.6 Å². The van der Waals surface area contributed by atoms with Crippen LogP contribution in [0.3, 0.4) is 0 Å². The van der Waals surface area contributed by atoms with Crippen molar-refractivity contribution in [3.05, 3.63) is 95.1 Å². The number of methoxy groups -OCH3 is 1. The Morgan fingerprint density at radius 1 is 0.857 bits per heavy atom. The normalized spacial score (nSPS) is 13.8. The van der Waals surface area contributed by atoms with Crippen molar-refractivity contribution >= 4 is 13.9 Å². The minimum atomic E-state index is -0.0393. The van der Waals surface area contributed by atoms with Gasteiger partial charge in [-0.25, -0.2) is 0 Å². The third-order valence-electron chi connectivity index (χ3n) is 6.21. The Kier molecular flexibility index (Phi) is 9.92. The molecule has 35 heavy (non-hydrogen) atoms. The first kappa shape index (κ1) is 27.4. The van der Waals surface area contributed by atoms with Gasteiger partial charge < -0.3 is 14.8 Å². The standard InChI is InChI=1S/C31H42NO2P/c1-7-19-31(5,35-29-16-12-11-15-26(29)22-32-30(2,3)4)27-21-25(17-18-28(27)34-23-33-6)20-24-13-9-8-10-14-24/h8-18,21,32,35H,7,19-20,22-23H2,1-6H3. The number of hydrogen-bond donors (Lipinski definition) is 1. The summed E-state index contributed by atoms with van der Waals surface area (Å²) < 4.78 is 11.4. The first-order valence-electron chi connectivity index (χ1n) is 12.6. The molecule has 0 saturated carbocycles. The number of hydrogen-bond acceptors (Lipinski definition) is 3. The lowest BCUT2D eigenvalue weighted by Gasteiger charge is -2.33. The fourth-order valence-corrected chi connectivity index (χ4v) is 6.23. The summed E-state index contributed by atoms with van der Waals surface area (Å²) >= 11 is 0. The van der Waals surface area contributed by atoms with Crippen LogP contribution in [0.2, 0.25) is 0 Å². The van der Waals surface area contributed by atoms with Gasteiger partial charge in [0.1, 0.15) is 5.75 Å². The minimum Gasteiger partial charge on any atom is -0.467 e. The van der Waals surface area contributed by atoms with Gasteiger partial charge in [0.15, 0.2) is 6.79 Å². The number of nitrogens with one attached hydrogen (secondary N) is 1. The third-order valence-corrected chi connectivity index (χ3v) is 8.04. The fourth-order valence-electron chi connectivity index (χ4n) is 4.42. The monoisotopic (exact) mass is 491 g/mol. The molecule has 0 heterocycles. The first-order chi connectivity index (χ1) is 16.7. The third kappa shape index (κ3) is 8.17. The maximum absolute atomic E-state index is 6.11. The highest BCUT2D eigenvalue weighted by Gasteiger charge is 2.31. The first-order valence-corrected chi connectivity index (χ1v) is 13.6. The number of ether oxygens (including phenoxy) is 2. The van der Waals surface area contributed by atoms with E-state index >= 15 is 0 Å². The molecule has 0 fully saturated rings. The van der Waals surface area contributed by atoms with E-state index in [9.17, 15) is 0 Å². The summed E-state index contributed by atoms with van der Waals surface area (Å²) in [4.78, 5) is 0. The van der Waals surface area contributed by atoms with E-state index in [4.69, 9.17) is 9.47 Å². The quantitative estimate of drug-likeness (QED) is 0.215. The molecule has 2 atom stereocenters.